The van der Waals surface area contributed by atoms with Gasteiger partial charge in [-0.05, 0) is 24.3 Å². The van der Waals surface area contributed by atoms with Crippen molar-refractivity contribution in [3.8, 4) is 23.0 Å². The second-order valence-corrected chi connectivity index (χ2v) is 9.52. The highest BCUT2D eigenvalue weighted by molar-refractivity contribution is 5.67. The maximum atomic E-state index is 13.8. The Morgan fingerprint density at radius 2 is 0.660 bits per heavy atom. The molecule has 0 fully saturated rings. The number of hydrogen-bond donors (Lipinski definition) is 2. The number of alkyl halides is 21. The monoisotopic (exact) mass is 768 g/mol. The zero-order valence-corrected chi connectivity index (χ0v) is 22.8. The predicted molar refractivity (Wildman–Crippen MR) is 123 cm³/mol. The van der Waals surface area contributed by atoms with Crippen molar-refractivity contribution in [3.63, 3.8) is 0 Å². The van der Waals surface area contributed by atoms with Crippen LogP contribution in [0.5, 0.6) is 23.0 Å². The van der Waals surface area contributed by atoms with Gasteiger partial charge in [0.25, 0.3) is 0 Å². The van der Waals surface area contributed by atoms with Crippen molar-refractivity contribution in [2.75, 3.05) is 11.5 Å². The molecule has 0 amide bonds. The summed E-state index contributed by atoms with van der Waals surface area (Å²) >= 11 is 0. The van der Waals surface area contributed by atoms with Crippen molar-refractivity contribution in [3.05, 3.63) is 69.3 Å². The molecular weight excluding hydrogens is 759 g/mol. The normalized spacial score (nSPS) is 13.9. The summed E-state index contributed by atoms with van der Waals surface area (Å²) in [4.78, 5) is 0. The molecule has 0 atom stereocenters. The number of nitrogen functional groups attached to an aromatic ring is 2. The Balaban J connectivity index is 2.45. The van der Waals surface area contributed by atoms with Crippen molar-refractivity contribution in [1.82, 2.24) is 0 Å². The summed E-state index contributed by atoms with van der Waals surface area (Å²) in [5.74, 6) is -9.22. The van der Waals surface area contributed by atoms with Crippen molar-refractivity contribution in [2.24, 2.45) is 0 Å². The summed E-state index contributed by atoms with van der Waals surface area (Å²) in [7, 11) is 0. The lowest BCUT2D eigenvalue weighted by Crippen LogP contribution is -2.23. The molecule has 0 aliphatic heterocycles. The fourth-order valence-electron chi connectivity index (χ4n) is 4.26. The van der Waals surface area contributed by atoms with E-state index in [9.17, 15) is 92.2 Å². The molecule has 0 saturated carbocycles. The van der Waals surface area contributed by atoms with Crippen LogP contribution in [0.15, 0.2) is 30.3 Å². The molecule has 0 unspecified atom stereocenters. The lowest BCUT2D eigenvalue weighted by Gasteiger charge is -2.25. The lowest BCUT2D eigenvalue weighted by atomic mass is 9.98. The van der Waals surface area contributed by atoms with Crippen LogP contribution in [0.3, 0.4) is 0 Å². The number of benzene rings is 3. The van der Waals surface area contributed by atoms with Gasteiger partial charge in [-0.25, -0.2) is 0 Å². The van der Waals surface area contributed by atoms with Crippen LogP contribution in [0.4, 0.5) is 104 Å². The fourth-order valence-corrected chi connectivity index (χ4v) is 4.26. The second-order valence-electron chi connectivity index (χ2n) is 9.52. The molecule has 0 aliphatic carbocycles. The fraction of sp³-hybridized carbons (Fsp3) is 0.280. The molecule has 0 saturated heterocycles. The summed E-state index contributed by atoms with van der Waals surface area (Å²) in [5, 5.41) is 0. The Kier molecular flexibility index (Phi) is 9.57. The van der Waals surface area contributed by atoms with Gasteiger partial charge in [-0.1, -0.05) is 0 Å². The van der Waals surface area contributed by atoms with Crippen molar-refractivity contribution in [2.45, 2.75) is 43.2 Å². The molecule has 4 N–H and O–H groups in total. The van der Waals surface area contributed by atoms with Gasteiger partial charge in [0, 0.05) is 6.07 Å². The van der Waals surface area contributed by atoms with Crippen LogP contribution >= 0.6 is 0 Å². The summed E-state index contributed by atoms with van der Waals surface area (Å²) in [6.07, 6.45) is -43.4. The van der Waals surface area contributed by atoms with E-state index in [-0.39, 0.29) is 6.07 Å². The molecule has 50 heavy (non-hydrogen) atoms. The van der Waals surface area contributed by atoms with Crippen LogP contribution < -0.4 is 20.9 Å². The first kappa shape index (κ1) is 39.8. The van der Waals surface area contributed by atoms with E-state index in [0.717, 1.165) is 0 Å². The van der Waals surface area contributed by atoms with E-state index in [1.54, 1.807) is 0 Å². The molecule has 0 spiro atoms. The summed E-state index contributed by atoms with van der Waals surface area (Å²) in [6.45, 7) is 0. The van der Waals surface area contributed by atoms with Crippen molar-refractivity contribution < 1.29 is 102 Å². The predicted octanol–water partition coefficient (Wildman–Crippen LogP) is 11.6. The molecule has 0 radical (unpaired) electrons. The van der Waals surface area contributed by atoms with Crippen LogP contribution in [0.25, 0.3) is 0 Å². The molecule has 3 aromatic carbocycles. The molecule has 0 heterocycles. The van der Waals surface area contributed by atoms with Crippen LogP contribution in [0.2, 0.25) is 0 Å². The molecule has 3 rings (SSSR count). The van der Waals surface area contributed by atoms with Gasteiger partial charge in [0.15, 0.2) is 0 Å². The first-order valence-corrected chi connectivity index (χ1v) is 12.0. The van der Waals surface area contributed by atoms with E-state index in [0.29, 0.717) is 0 Å². The van der Waals surface area contributed by atoms with E-state index in [4.69, 9.17) is 11.5 Å². The molecule has 0 aromatic heterocycles. The van der Waals surface area contributed by atoms with Gasteiger partial charge in [0.05, 0.1) is 39.2 Å². The topological polar surface area (TPSA) is 70.5 Å². The van der Waals surface area contributed by atoms with E-state index >= 15 is 0 Å². The van der Waals surface area contributed by atoms with E-state index in [1.807, 2.05) is 0 Å². The first-order valence-electron chi connectivity index (χ1n) is 12.0. The largest absolute Gasteiger partial charge is 0.457 e. The van der Waals surface area contributed by atoms with Gasteiger partial charge in [0.1, 0.15) is 34.1 Å². The van der Waals surface area contributed by atoms with Gasteiger partial charge in [0.2, 0.25) is 0 Å². The molecule has 0 aliphatic rings. The highest BCUT2D eigenvalue weighted by Crippen LogP contribution is 2.55. The minimum atomic E-state index is -6.43. The Bertz CT molecular complexity index is 1770. The third-order valence-electron chi connectivity index (χ3n) is 6.11. The van der Waals surface area contributed by atoms with Crippen LogP contribution in [-0.2, 0) is 43.2 Å². The van der Waals surface area contributed by atoms with E-state index in [2.05, 4.69) is 9.47 Å². The Hall–Kier alpha value is -4.61. The smallest absolute Gasteiger partial charge is 0.420 e. The number of ether oxygens (including phenoxy) is 2. The van der Waals surface area contributed by atoms with Gasteiger partial charge in [-0.15, -0.1) is 0 Å². The number of hydrogen-bond acceptors (Lipinski definition) is 4. The van der Waals surface area contributed by atoms with E-state index in [1.165, 1.54) is 0 Å². The van der Waals surface area contributed by atoms with Crippen LogP contribution in [0, 0.1) is 0 Å². The molecular formula is C25H9F21N2O2. The third-order valence-corrected chi connectivity index (χ3v) is 6.11. The quantitative estimate of drug-likeness (QED) is 0.205. The number of anilines is 2. The summed E-state index contributed by atoms with van der Waals surface area (Å²) in [5.41, 5.74) is -16.4. The molecule has 278 valence electrons. The lowest BCUT2D eigenvalue weighted by molar-refractivity contribution is -0.163. The van der Waals surface area contributed by atoms with Crippen molar-refractivity contribution in [1.29, 1.82) is 0 Å². The maximum absolute atomic E-state index is 13.8. The molecule has 4 nitrogen and oxygen atoms in total. The molecule has 3 aromatic rings. The van der Waals surface area contributed by atoms with Gasteiger partial charge >= 0.3 is 43.2 Å². The molecule has 25 heteroatoms. The Morgan fingerprint density at radius 3 is 0.960 bits per heavy atom. The first-order chi connectivity index (χ1) is 22.1. The van der Waals surface area contributed by atoms with Crippen LogP contribution in [0.1, 0.15) is 38.9 Å². The standard InChI is InChI=1S/C25H9F21N2O2/c26-19(27,28)7-2-1-6(49-11-4-8(20(29,30)31)17(47)15(24(41,42)43)13(11)22(35,36)37)3-10(7)50-12-5-9(21(32,33)34)18(48)16(25(44,45)46)14(12)23(38,39)40/h1-5H,47-48H2. The highest BCUT2D eigenvalue weighted by atomic mass is 19.4. The average molecular weight is 768 g/mol. The summed E-state index contributed by atoms with van der Waals surface area (Å²) < 4.78 is 295. The van der Waals surface area contributed by atoms with Gasteiger partial charge in [-0.2, -0.15) is 92.2 Å². The SMILES string of the molecule is Nc1c(C(F)(F)F)cc(Oc2ccc(C(F)(F)F)c(Oc3cc(C(F)(F)F)c(N)c(C(F)(F)F)c3C(F)(F)F)c2)c(C(F)(F)F)c1C(F)(F)F. The zero-order chi connectivity index (χ0) is 39.0. The third kappa shape index (κ3) is 8.05. The number of halogens is 21. The maximum Gasteiger partial charge on any atom is 0.420 e. The zero-order valence-electron chi connectivity index (χ0n) is 22.8. The molecule has 0 bridgehead atoms. The van der Waals surface area contributed by atoms with Crippen LogP contribution in [-0.4, -0.2) is 0 Å². The Labute approximate surface area is 260 Å². The van der Waals surface area contributed by atoms with Crippen molar-refractivity contribution >= 4 is 11.4 Å². The number of nitrogens with two attached hydrogens (primary N) is 2. The number of rotatable bonds is 4. The van der Waals surface area contributed by atoms with Gasteiger partial charge in [-0.3, -0.25) is 0 Å². The Morgan fingerprint density at radius 1 is 0.340 bits per heavy atom. The van der Waals surface area contributed by atoms with E-state index < -0.39 is 141 Å². The highest BCUT2D eigenvalue weighted by Gasteiger charge is 2.52. The summed E-state index contributed by atoms with van der Waals surface area (Å²) in [6, 6.07) is -2.78. The second kappa shape index (κ2) is 12.0. The average Bonchev–Trinajstić information content (AvgIpc) is 2.85. The van der Waals surface area contributed by atoms with Gasteiger partial charge < -0.3 is 20.9 Å². The minimum absolute atomic E-state index is 0.150. The minimum Gasteiger partial charge on any atom is -0.457 e.